The molecular formula is C10H20N2O. The molecule has 3 heteroatoms. The first kappa shape index (κ1) is 14.4. The van der Waals surface area contributed by atoms with Crippen LogP contribution in [0.2, 0.25) is 0 Å². The van der Waals surface area contributed by atoms with Crippen LogP contribution in [0, 0.1) is 13.8 Å². The van der Waals surface area contributed by atoms with E-state index in [0.717, 1.165) is 5.69 Å². The molecule has 0 aliphatic carbocycles. The maximum atomic E-state index is 10.8. The zero-order valence-electron chi connectivity index (χ0n) is 9.43. The first-order valence-electron chi connectivity index (χ1n) is 4.73. The van der Waals surface area contributed by atoms with E-state index in [1.807, 2.05) is 27.7 Å². The molecule has 0 unspecified atom stereocenters. The number of nitrogens with one attached hydrogen (secondary N) is 1. The largest absolute Gasteiger partial charge is 0.288 e. The van der Waals surface area contributed by atoms with E-state index in [1.54, 1.807) is 13.8 Å². The lowest BCUT2D eigenvalue weighted by molar-refractivity contribution is 0.926. The molecule has 0 aromatic carbocycles. The maximum Gasteiger partial charge on any atom is 0.203 e. The summed E-state index contributed by atoms with van der Waals surface area (Å²) in [5.41, 5.74) is 1.30. The number of hydrogen-bond acceptors (Lipinski definition) is 2. The van der Waals surface area contributed by atoms with Crippen LogP contribution in [0.4, 0.5) is 0 Å². The van der Waals surface area contributed by atoms with Gasteiger partial charge in [-0.15, -0.1) is 0 Å². The summed E-state index contributed by atoms with van der Waals surface area (Å²) >= 11 is 0. The Labute approximate surface area is 80.2 Å². The van der Waals surface area contributed by atoms with E-state index in [-0.39, 0.29) is 5.43 Å². The highest BCUT2D eigenvalue weighted by Gasteiger charge is 1.91. The molecule has 0 fully saturated rings. The Kier molecular flexibility index (Phi) is 9.94. The number of H-pyrrole nitrogens is 1. The van der Waals surface area contributed by atoms with Crippen LogP contribution >= 0.6 is 0 Å². The monoisotopic (exact) mass is 184 g/mol. The van der Waals surface area contributed by atoms with E-state index < -0.39 is 0 Å². The topological polar surface area (TPSA) is 45.8 Å². The van der Waals surface area contributed by atoms with Crippen LogP contribution in [0.5, 0.6) is 0 Å². The van der Waals surface area contributed by atoms with E-state index in [9.17, 15) is 4.79 Å². The Balaban J connectivity index is 0. The summed E-state index contributed by atoms with van der Waals surface area (Å²) in [6, 6.07) is 1.53. The van der Waals surface area contributed by atoms with Crippen LogP contribution in [0.25, 0.3) is 0 Å². The molecule has 0 amide bonds. The van der Waals surface area contributed by atoms with Gasteiger partial charge in [0, 0.05) is 11.8 Å². The minimum atomic E-state index is -0.00810. The SMILES string of the molecule is CC.CC.Cc1cc(=O)c(C)n[nH]1. The van der Waals surface area contributed by atoms with Gasteiger partial charge in [0.05, 0.1) is 0 Å². The molecule has 0 saturated carbocycles. The molecule has 1 aromatic rings. The van der Waals surface area contributed by atoms with E-state index in [2.05, 4.69) is 10.2 Å². The van der Waals surface area contributed by atoms with Crippen LogP contribution < -0.4 is 5.43 Å². The third-order valence-corrected chi connectivity index (χ3v) is 1.10. The van der Waals surface area contributed by atoms with Crippen LogP contribution in [-0.4, -0.2) is 10.2 Å². The Morgan fingerprint density at radius 2 is 1.62 bits per heavy atom. The quantitative estimate of drug-likeness (QED) is 0.673. The third-order valence-electron chi connectivity index (χ3n) is 1.10. The Hall–Kier alpha value is -1.12. The lowest BCUT2D eigenvalue weighted by Gasteiger charge is -1.90. The average Bonchev–Trinajstić information content (AvgIpc) is 2.18. The number of nitrogens with zero attached hydrogens (tertiary/aromatic N) is 1. The maximum absolute atomic E-state index is 10.8. The second-order valence-corrected chi connectivity index (χ2v) is 2.00. The van der Waals surface area contributed by atoms with Crippen molar-refractivity contribution in [3.63, 3.8) is 0 Å². The van der Waals surface area contributed by atoms with Gasteiger partial charge in [-0.05, 0) is 13.8 Å². The van der Waals surface area contributed by atoms with E-state index in [1.165, 1.54) is 6.07 Å². The van der Waals surface area contributed by atoms with Gasteiger partial charge < -0.3 is 0 Å². The van der Waals surface area contributed by atoms with Crippen molar-refractivity contribution in [2.75, 3.05) is 0 Å². The molecule has 76 valence electrons. The predicted octanol–water partition coefficient (Wildman–Crippen LogP) is 2.44. The molecule has 1 rings (SSSR count). The average molecular weight is 184 g/mol. The summed E-state index contributed by atoms with van der Waals surface area (Å²) in [5.74, 6) is 0. The number of aryl methyl sites for hydroxylation is 2. The van der Waals surface area contributed by atoms with Gasteiger partial charge in [0.25, 0.3) is 0 Å². The molecular weight excluding hydrogens is 164 g/mol. The summed E-state index contributed by atoms with van der Waals surface area (Å²) in [7, 11) is 0. The van der Waals surface area contributed by atoms with Crippen molar-refractivity contribution in [2.45, 2.75) is 41.5 Å². The summed E-state index contributed by atoms with van der Waals surface area (Å²) in [6.45, 7) is 11.5. The van der Waals surface area contributed by atoms with Gasteiger partial charge in [0.1, 0.15) is 5.69 Å². The second-order valence-electron chi connectivity index (χ2n) is 2.00. The molecule has 1 heterocycles. The van der Waals surface area contributed by atoms with Gasteiger partial charge in [-0.1, -0.05) is 27.7 Å². The standard InChI is InChI=1S/C6H8N2O.2C2H6/c1-4-3-6(9)5(2)8-7-4;2*1-2/h3H,1-2H3,(H,7,9);2*1-2H3. The van der Waals surface area contributed by atoms with Crippen LogP contribution in [0.1, 0.15) is 39.1 Å². The summed E-state index contributed by atoms with van der Waals surface area (Å²) < 4.78 is 0. The van der Waals surface area contributed by atoms with Crippen molar-refractivity contribution in [3.8, 4) is 0 Å². The Bertz CT molecular complexity index is 266. The zero-order valence-corrected chi connectivity index (χ0v) is 9.43. The minimum Gasteiger partial charge on any atom is -0.288 e. The normalized spacial score (nSPS) is 7.54. The van der Waals surface area contributed by atoms with Crippen molar-refractivity contribution >= 4 is 0 Å². The van der Waals surface area contributed by atoms with Gasteiger partial charge in [-0.2, -0.15) is 5.10 Å². The molecule has 1 aromatic heterocycles. The van der Waals surface area contributed by atoms with Crippen molar-refractivity contribution in [1.29, 1.82) is 0 Å². The molecule has 0 aliphatic heterocycles. The summed E-state index contributed by atoms with van der Waals surface area (Å²) in [4.78, 5) is 10.8. The minimum absolute atomic E-state index is 0.00810. The number of aromatic amines is 1. The third kappa shape index (κ3) is 6.08. The van der Waals surface area contributed by atoms with Crippen molar-refractivity contribution in [2.24, 2.45) is 0 Å². The fraction of sp³-hybridized carbons (Fsp3) is 0.600. The lowest BCUT2D eigenvalue weighted by Crippen LogP contribution is -2.08. The summed E-state index contributed by atoms with van der Waals surface area (Å²) in [6.07, 6.45) is 0. The zero-order chi connectivity index (χ0) is 10.9. The van der Waals surface area contributed by atoms with Crippen LogP contribution in [-0.2, 0) is 0 Å². The van der Waals surface area contributed by atoms with E-state index in [0.29, 0.717) is 5.69 Å². The van der Waals surface area contributed by atoms with Crippen molar-refractivity contribution in [3.05, 3.63) is 27.7 Å². The van der Waals surface area contributed by atoms with E-state index >= 15 is 0 Å². The molecule has 0 aliphatic rings. The second kappa shape index (κ2) is 8.97. The molecule has 3 nitrogen and oxygen atoms in total. The molecule has 13 heavy (non-hydrogen) atoms. The molecule has 0 radical (unpaired) electrons. The lowest BCUT2D eigenvalue weighted by atomic mass is 10.3. The Morgan fingerprint density at radius 3 is 1.92 bits per heavy atom. The highest BCUT2D eigenvalue weighted by Crippen LogP contribution is 1.82. The Morgan fingerprint density at radius 1 is 1.15 bits per heavy atom. The number of rotatable bonds is 0. The molecule has 0 bridgehead atoms. The van der Waals surface area contributed by atoms with Gasteiger partial charge in [0.2, 0.25) is 5.43 Å². The van der Waals surface area contributed by atoms with Crippen LogP contribution in [0.3, 0.4) is 0 Å². The van der Waals surface area contributed by atoms with Gasteiger partial charge in [0.15, 0.2) is 0 Å². The fourth-order valence-corrected chi connectivity index (χ4v) is 0.560. The molecule has 0 saturated heterocycles. The predicted molar refractivity (Wildman–Crippen MR) is 57.0 cm³/mol. The highest BCUT2D eigenvalue weighted by atomic mass is 16.1. The van der Waals surface area contributed by atoms with Crippen LogP contribution in [0.15, 0.2) is 10.9 Å². The van der Waals surface area contributed by atoms with Crippen molar-refractivity contribution in [1.82, 2.24) is 10.2 Å². The first-order valence-corrected chi connectivity index (χ1v) is 4.73. The van der Waals surface area contributed by atoms with Gasteiger partial charge in [-0.3, -0.25) is 9.89 Å². The highest BCUT2D eigenvalue weighted by molar-refractivity contribution is 5.03. The molecule has 0 spiro atoms. The first-order chi connectivity index (χ1) is 6.20. The number of hydrogen-bond donors (Lipinski definition) is 1. The molecule has 1 N–H and O–H groups in total. The molecule has 0 atom stereocenters. The van der Waals surface area contributed by atoms with Gasteiger partial charge >= 0.3 is 0 Å². The smallest absolute Gasteiger partial charge is 0.203 e. The number of aromatic nitrogens is 2. The fourth-order valence-electron chi connectivity index (χ4n) is 0.560. The summed E-state index contributed by atoms with van der Waals surface area (Å²) in [5, 5.41) is 6.43. The van der Waals surface area contributed by atoms with Gasteiger partial charge in [-0.25, -0.2) is 0 Å². The van der Waals surface area contributed by atoms with E-state index in [4.69, 9.17) is 0 Å². The van der Waals surface area contributed by atoms with Crippen molar-refractivity contribution < 1.29 is 0 Å².